The first-order valence-corrected chi connectivity index (χ1v) is 5.97. The highest BCUT2D eigenvalue weighted by atomic mass is 16.5. The zero-order chi connectivity index (χ0) is 13.2. The second-order valence-electron chi connectivity index (χ2n) is 4.61. The molecule has 2 rings (SSSR count). The maximum atomic E-state index is 11.6. The molecule has 1 heterocycles. The number of hydrogen-bond donors (Lipinski definition) is 0. The van der Waals surface area contributed by atoms with E-state index in [0.717, 1.165) is 5.56 Å². The van der Waals surface area contributed by atoms with Crippen LogP contribution in [0, 0.1) is 0 Å². The second-order valence-corrected chi connectivity index (χ2v) is 4.61. The highest BCUT2D eigenvalue weighted by molar-refractivity contribution is 5.80. The average Bonchev–Trinajstić information content (AvgIpc) is 2.37. The topological polar surface area (TPSA) is 44.8 Å². The van der Waals surface area contributed by atoms with Crippen LogP contribution in [-0.2, 0) is 15.1 Å². The van der Waals surface area contributed by atoms with E-state index in [4.69, 9.17) is 14.2 Å². The van der Waals surface area contributed by atoms with Gasteiger partial charge in [-0.15, -0.1) is 0 Å². The molecule has 1 unspecified atom stereocenters. The summed E-state index contributed by atoms with van der Waals surface area (Å²) < 4.78 is 16.3. The Balaban J connectivity index is 2.35. The molecule has 0 saturated carbocycles. The molecule has 1 aliphatic rings. The lowest BCUT2D eigenvalue weighted by Crippen LogP contribution is -2.34. The Morgan fingerprint density at radius 2 is 1.94 bits per heavy atom. The zero-order valence-corrected chi connectivity index (χ0v) is 11.0. The molecule has 0 radical (unpaired) electrons. The third-order valence-electron chi connectivity index (χ3n) is 3.33. The van der Waals surface area contributed by atoms with Gasteiger partial charge in [-0.1, -0.05) is 6.07 Å². The smallest absolute Gasteiger partial charge is 0.161 e. The summed E-state index contributed by atoms with van der Waals surface area (Å²) >= 11 is 0. The van der Waals surface area contributed by atoms with Crippen LogP contribution in [0.5, 0.6) is 11.5 Å². The molecule has 1 fully saturated rings. The minimum absolute atomic E-state index is 0.235. The van der Waals surface area contributed by atoms with E-state index in [0.29, 0.717) is 30.9 Å². The number of ether oxygens (including phenoxy) is 3. The maximum Gasteiger partial charge on any atom is 0.161 e. The standard InChI is InChI=1S/C14H18O4/c1-14(9-11(15)6-7-18-14)10-4-5-12(16-2)13(8-10)17-3/h4-5,8H,6-7,9H2,1-3H3. The van der Waals surface area contributed by atoms with Gasteiger partial charge in [-0.05, 0) is 24.6 Å². The number of ketones is 1. The van der Waals surface area contributed by atoms with Crippen molar-refractivity contribution in [1.29, 1.82) is 0 Å². The van der Waals surface area contributed by atoms with E-state index in [1.165, 1.54) is 0 Å². The van der Waals surface area contributed by atoms with Crippen LogP contribution in [-0.4, -0.2) is 26.6 Å². The number of benzene rings is 1. The molecule has 18 heavy (non-hydrogen) atoms. The summed E-state index contributed by atoms with van der Waals surface area (Å²) in [6.45, 7) is 2.41. The fourth-order valence-electron chi connectivity index (χ4n) is 2.26. The molecule has 98 valence electrons. The van der Waals surface area contributed by atoms with Gasteiger partial charge in [0.15, 0.2) is 11.5 Å². The Morgan fingerprint density at radius 3 is 2.56 bits per heavy atom. The maximum absolute atomic E-state index is 11.6. The van der Waals surface area contributed by atoms with Crippen LogP contribution < -0.4 is 9.47 Å². The highest BCUT2D eigenvalue weighted by Gasteiger charge is 2.34. The molecule has 0 amide bonds. The summed E-state index contributed by atoms with van der Waals surface area (Å²) in [6, 6.07) is 5.62. The lowest BCUT2D eigenvalue weighted by molar-refractivity contribution is -0.138. The molecule has 1 atom stereocenters. The first-order chi connectivity index (χ1) is 8.59. The number of hydrogen-bond acceptors (Lipinski definition) is 4. The van der Waals surface area contributed by atoms with Crippen LogP contribution in [0.1, 0.15) is 25.3 Å². The Kier molecular flexibility index (Phi) is 3.57. The van der Waals surface area contributed by atoms with Gasteiger partial charge in [0, 0.05) is 12.8 Å². The number of rotatable bonds is 3. The van der Waals surface area contributed by atoms with Gasteiger partial charge in [-0.3, -0.25) is 4.79 Å². The summed E-state index contributed by atoms with van der Waals surface area (Å²) in [5.41, 5.74) is 0.378. The van der Waals surface area contributed by atoms with Crippen molar-refractivity contribution >= 4 is 5.78 Å². The van der Waals surface area contributed by atoms with Crippen LogP contribution in [0.4, 0.5) is 0 Å². The molecule has 0 spiro atoms. The molecule has 0 bridgehead atoms. The van der Waals surface area contributed by atoms with E-state index in [-0.39, 0.29) is 5.78 Å². The Bertz CT molecular complexity index is 455. The minimum Gasteiger partial charge on any atom is -0.493 e. The van der Waals surface area contributed by atoms with Crippen molar-refractivity contribution in [2.24, 2.45) is 0 Å². The molecule has 1 aromatic carbocycles. The van der Waals surface area contributed by atoms with Crippen LogP contribution in [0.15, 0.2) is 18.2 Å². The normalized spacial score (nSPS) is 23.8. The second kappa shape index (κ2) is 4.98. The van der Waals surface area contributed by atoms with Gasteiger partial charge in [0.05, 0.1) is 26.4 Å². The number of carbonyl (C=O) groups excluding carboxylic acids is 1. The largest absolute Gasteiger partial charge is 0.493 e. The first-order valence-electron chi connectivity index (χ1n) is 5.97. The van der Waals surface area contributed by atoms with Gasteiger partial charge in [0.1, 0.15) is 5.78 Å². The van der Waals surface area contributed by atoms with Crippen LogP contribution in [0.2, 0.25) is 0 Å². The summed E-state index contributed by atoms with van der Waals surface area (Å²) in [7, 11) is 3.19. The summed E-state index contributed by atoms with van der Waals surface area (Å²) in [6.07, 6.45) is 0.908. The van der Waals surface area contributed by atoms with Crippen molar-refractivity contribution in [2.45, 2.75) is 25.4 Å². The molecular formula is C14H18O4. The van der Waals surface area contributed by atoms with Gasteiger partial charge in [0.2, 0.25) is 0 Å². The van der Waals surface area contributed by atoms with Gasteiger partial charge >= 0.3 is 0 Å². The van der Waals surface area contributed by atoms with Gasteiger partial charge in [-0.25, -0.2) is 0 Å². The number of Topliss-reactive ketones (excluding diaryl/α,β-unsaturated/α-hetero) is 1. The third kappa shape index (κ3) is 2.34. The summed E-state index contributed by atoms with van der Waals surface area (Å²) in [5, 5.41) is 0. The van der Waals surface area contributed by atoms with Gasteiger partial charge < -0.3 is 14.2 Å². The van der Waals surface area contributed by atoms with Crippen molar-refractivity contribution in [3.63, 3.8) is 0 Å². The summed E-state index contributed by atoms with van der Waals surface area (Å²) in [5.74, 6) is 1.56. The van der Waals surface area contributed by atoms with Crippen molar-refractivity contribution < 1.29 is 19.0 Å². The van der Waals surface area contributed by atoms with Crippen LogP contribution in [0.3, 0.4) is 0 Å². The molecule has 4 nitrogen and oxygen atoms in total. The van der Waals surface area contributed by atoms with Crippen molar-refractivity contribution in [2.75, 3.05) is 20.8 Å². The molecule has 1 aliphatic heterocycles. The van der Waals surface area contributed by atoms with Crippen molar-refractivity contribution in [3.8, 4) is 11.5 Å². The zero-order valence-electron chi connectivity index (χ0n) is 11.0. The molecule has 0 aliphatic carbocycles. The quantitative estimate of drug-likeness (QED) is 0.825. The van der Waals surface area contributed by atoms with E-state index in [2.05, 4.69) is 0 Å². The average molecular weight is 250 g/mol. The SMILES string of the molecule is COc1ccc(C2(C)CC(=O)CCO2)cc1OC. The molecule has 0 N–H and O–H groups in total. The monoisotopic (exact) mass is 250 g/mol. The molecule has 1 saturated heterocycles. The van der Waals surface area contributed by atoms with Crippen LogP contribution in [0.25, 0.3) is 0 Å². The minimum atomic E-state index is -0.561. The van der Waals surface area contributed by atoms with Gasteiger partial charge in [-0.2, -0.15) is 0 Å². The van der Waals surface area contributed by atoms with Crippen molar-refractivity contribution in [3.05, 3.63) is 23.8 Å². The van der Waals surface area contributed by atoms with E-state index in [1.54, 1.807) is 14.2 Å². The Morgan fingerprint density at radius 1 is 1.22 bits per heavy atom. The van der Waals surface area contributed by atoms with E-state index in [9.17, 15) is 4.79 Å². The fraction of sp³-hybridized carbons (Fsp3) is 0.500. The summed E-state index contributed by atoms with van der Waals surface area (Å²) in [4.78, 5) is 11.6. The molecule has 0 aromatic heterocycles. The first kappa shape index (κ1) is 12.9. The molecule has 4 heteroatoms. The van der Waals surface area contributed by atoms with E-state index in [1.807, 2.05) is 25.1 Å². The number of methoxy groups -OCH3 is 2. The van der Waals surface area contributed by atoms with E-state index < -0.39 is 5.60 Å². The third-order valence-corrected chi connectivity index (χ3v) is 3.33. The lowest BCUT2D eigenvalue weighted by atomic mass is 9.87. The Labute approximate surface area is 107 Å². The van der Waals surface area contributed by atoms with Crippen LogP contribution >= 0.6 is 0 Å². The van der Waals surface area contributed by atoms with Gasteiger partial charge in [0.25, 0.3) is 0 Å². The van der Waals surface area contributed by atoms with E-state index >= 15 is 0 Å². The molecule has 1 aromatic rings. The fourth-order valence-corrected chi connectivity index (χ4v) is 2.26. The predicted octanol–water partition coefficient (Wildman–Crippen LogP) is 2.30. The van der Waals surface area contributed by atoms with Crippen molar-refractivity contribution in [1.82, 2.24) is 0 Å². The predicted molar refractivity (Wildman–Crippen MR) is 67.1 cm³/mol. The Hall–Kier alpha value is -1.55. The highest BCUT2D eigenvalue weighted by Crippen LogP contribution is 2.37. The number of carbonyl (C=O) groups is 1. The lowest BCUT2D eigenvalue weighted by Gasteiger charge is -2.33. The molecular weight excluding hydrogens is 232 g/mol.